The average Bonchev–Trinajstić information content (AvgIpc) is 2.27. The van der Waals surface area contributed by atoms with Crippen molar-refractivity contribution in [2.45, 2.75) is 44.3 Å². The molecule has 2 fully saturated rings. The van der Waals surface area contributed by atoms with Crippen molar-refractivity contribution in [3.05, 3.63) is 6.92 Å². The van der Waals surface area contributed by atoms with Gasteiger partial charge in [0, 0.05) is 0 Å². The zero-order valence-electron chi connectivity index (χ0n) is 6.38. The highest BCUT2D eigenvalue weighted by atomic mass is 16.5. The van der Waals surface area contributed by atoms with E-state index >= 15 is 0 Å². The Morgan fingerprint density at radius 1 is 1.20 bits per heavy atom. The van der Waals surface area contributed by atoms with Gasteiger partial charge < -0.3 is 11.7 Å². The molecular formula is C9H15O-. The second kappa shape index (κ2) is 2.54. The van der Waals surface area contributed by atoms with Crippen LogP contribution in [0.5, 0.6) is 0 Å². The molecule has 0 N–H and O–H groups in total. The second-order valence-electron chi connectivity index (χ2n) is 3.58. The number of fused-ring (bicyclic) bond motifs is 1. The summed E-state index contributed by atoms with van der Waals surface area (Å²) in [4.78, 5) is 0. The van der Waals surface area contributed by atoms with Gasteiger partial charge in [0.2, 0.25) is 0 Å². The predicted octanol–water partition coefficient (Wildman–Crippen LogP) is 2.17. The molecule has 2 rings (SSSR count). The summed E-state index contributed by atoms with van der Waals surface area (Å²) in [6.07, 6.45) is 7.55. The van der Waals surface area contributed by atoms with Gasteiger partial charge in [-0.1, -0.05) is 18.9 Å². The molecule has 2 aliphatic rings. The standard InChI is InChI=1S/C9H15O/c1-7-6-8-4-2-3-5-9(8)10-7/h7-9H,1-6H2/q-1/t7-,8+,9-/m0/s1. The van der Waals surface area contributed by atoms with Crippen LogP contribution in [0.2, 0.25) is 0 Å². The summed E-state index contributed by atoms with van der Waals surface area (Å²) < 4.78 is 5.65. The highest BCUT2D eigenvalue weighted by Crippen LogP contribution is 2.36. The zero-order valence-corrected chi connectivity index (χ0v) is 6.38. The maximum atomic E-state index is 5.65. The van der Waals surface area contributed by atoms with Gasteiger partial charge >= 0.3 is 0 Å². The lowest BCUT2D eigenvalue weighted by molar-refractivity contribution is 0.0373. The molecule has 0 aromatic carbocycles. The molecule has 0 spiro atoms. The smallest absolute Gasteiger partial charge is 0.0571 e. The Morgan fingerprint density at radius 3 is 2.80 bits per heavy atom. The van der Waals surface area contributed by atoms with Crippen LogP contribution in [0.3, 0.4) is 0 Å². The molecular weight excluding hydrogens is 124 g/mol. The van der Waals surface area contributed by atoms with Gasteiger partial charge in [-0.2, -0.15) is 0 Å². The summed E-state index contributed by atoms with van der Waals surface area (Å²) in [6.45, 7) is 3.94. The summed E-state index contributed by atoms with van der Waals surface area (Å²) >= 11 is 0. The largest absolute Gasteiger partial charge is 0.407 e. The molecule has 10 heavy (non-hydrogen) atoms. The molecule has 0 unspecified atom stereocenters. The molecule has 0 aromatic rings. The zero-order chi connectivity index (χ0) is 6.97. The van der Waals surface area contributed by atoms with E-state index in [9.17, 15) is 0 Å². The molecule has 58 valence electrons. The van der Waals surface area contributed by atoms with E-state index in [0.717, 1.165) is 5.92 Å². The molecule has 3 atom stereocenters. The van der Waals surface area contributed by atoms with E-state index in [1.165, 1.54) is 32.1 Å². The summed E-state index contributed by atoms with van der Waals surface area (Å²) in [5, 5.41) is 0. The summed E-state index contributed by atoms with van der Waals surface area (Å²) in [7, 11) is 0. The first-order valence-electron chi connectivity index (χ1n) is 4.35. The summed E-state index contributed by atoms with van der Waals surface area (Å²) in [6, 6.07) is 0. The second-order valence-corrected chi connectivity index (χ2v) is 3.58. The van der Waals surface area contributed by atoms with Crippen LogP contribution in [-0.2, 0) is 4.74 Å². The van der Waals surface area contributed by atoms with Gasteiger partial charge in [-0.3, -0.25) is 0 Å². The minimum absolute atomic E-state index is 0.299. The van der Waals surface area contributed by atoms with Crippen LogP contribution in [0, 0.1) is 12.8 Å². The minimum atomic E-state index is 0.299. The van der Waals surface area contributed by atoms with E-state index in [-0.39, 0.29) is 0 Å². The first-order valence-corrected chi connectivity index (χ1v) is 4.35. The van der Waals surface area contributed by atoms with Crippen molar-refractivity contribution in [1.29, 1.82) is 0 Å². The normalized spacial score (nSPS) is 47.1. The van der Waals surface area contributed by atoms with Crippen LogP contribution in [-0.4, -0.2) is 12.2 Å². The minimum Gasteiger partial charge on any atom is -0.407 e. The molecule has 1 nitrogen and oxygen atoms in total. The third-order valence-corrected chi connectivity index (χ3v) is 2.77. The molecule has 0 radical (unpaired) electrons. The van der Waals surface area contributed by atoms with Gasteiger partial charge in [-0.05, 0) is 25.2 Å². The fourth-order valence-electron chi connectivity index (χ4n) is 2.26. The number of rotatable bonds is 0. The Hall–Kier alpha value is -0.0400. The maximum absolute atomic E-state index is 5.65. The summed E-state index contributed by atoms with van der Waals surface area (Å²) in [5.41, 5.74) is 0. The third-order valence-electron chi connectivity index (χ3n) is 2.77. The number of hydrogen-bond donors (Lipinski definition) is 0. The highest BCUT2D eigenvalue weighted by molar-refractivity contribution is 4.86. The van der Waals surface area contributed by atoms with Crippen LogP contribution in [0.1, 0.15) is 32.1 Å². The van der Waals surface area contributed by atoms with Crippen LogP contribution in [0.4, 0.5) is 0 Å². The van der Waals surface area contributed by atoms with E-state index in [0.29, 0.717) is 12.2 Å². The monoisotopic (exact) mass is 139 g/mol. The molecule has 1 aliphatic carbocycles. The Bertz CT molecular complexity index is 108. The summed E-state index contributed by atoms with van der Waals surface area (Å²) in [5.74, 6) is 0.858. The van der Waals surface area contributed by atoms with Gasteiger partial charge in [0.25, 0.3) is 0 Å². The predicted molar refractivity (Wildman–Crippen MR) is 40.6 cm³/mol. The van der Waals surface area contributed by atoms with Crippen molar-refractivity contribution < 1.29 is 4.74 Å². The first-order chi connectivity index (χ1) is 4.86. The van der Waals surface area contributed by atoms with Crippen molar-refractivity contribution in [2.24, 2.45) is 5.92 Å². The van der Waals surface area contributed by atoms with Crippen molar-refractivity contribution >= 4 is 0 Å². The number of hydrogen-bond acceptors (Lipinski definition) is 1. The Labute approximate surface area is 62.8 Å². The molecule has 1 saturated carbocycles. The van der Waals surface area contributed by atoms with Crippen LogP contribution in [0.25, 0.3) is 0 Å². The van der Waals surface area contributed by atoms with E-state index < -0.39 is 0 Å². The van der Waals surface area contributed by atoms with E-state index in [2.05, 4.69) is 6.92 Å². The Morgan fingerprint density at radius 2 is 2.00 bits per heavy atom. The lowest BCUT2D eigenvalue weighted by Gasteiger charge is -2.23. The Kier molecular flexibility index (Phi) is 1.69. The third kappa shape index (κ3) is 1.07. The fourth-order valence-corrected chi connectivity index (χ4v) is 2.26. The molecule has 1 aliphatic heterocycles. The fraction of sp³-hybridized carbons (Fsp3) is 0.889. The molecule has 0 aromatic heterocycles. The van der Waals surface area contributed by atoms with Crippen LogP contribution < -0.4 is 0 Å². The van der Waals surface area contributed by atoms with Gasteiger partial charge in [0.1, 0.15) is 0 Å². The molecule has 0 bridgehead atoms. The van der Waals surface area contributed by atoms with Crippen molar-refractivity contribution in [3.63, 3.8) is 0 Å². The SMILES string of the molecule is [CH2-][C@H]1C[C@H]2CCCC[C@@H]2O1. The van der Waals surface area contributed by atoms with E-state index in [1.54, 1.807) is 0 Å². The van der Waals surface area contributed by atoms with Crippen molar-refractivity contribution in [1.82, 2.24) is 0 Å². The van der Waals surface area contributed by atoms with Gasteiger partial charge in [-0.15, -0.1) is 0 Å². The first kappa shape index (κ1) is 6.66. The van der Waals surface area contributed by atoms with Gasteiger partial charge in [0.15, 0.2) is 0 Å². The lowest BCUT2D eigenvalue weighted by atomic mass is 9.86. The van der Waals surface area contributed by atoms with Gasteiger partial charge in [-0.25, -0.2) is 0 Å². The Balaban J connectivity index is 1.97. The average molecular weight is 139 g/mol. The maximum Gasteiger partial charge on any atom is 0.0571 e. The molecule has 0 amide bonds. The quantitative estimate of drug-likeness (QED) is 0.467. The number of ether oxygens (including phenoxy) is 1. The topological polar surface area (TPSA) is 9.23 Å². The van der Waals surface area contributed by atoms with Crippen LogP contribution >= 0.6 is 0 Å². The van der Waals surface area contributed by atoms with E-state index in [4.69, 9.17) is 4.74 Å². The van der Waals surface area contributed by atoms with Crippen LogP contribution in [0.15, 0.2) is 0 Å². The van der Waals surface area contributed by atoms with Gasteiger partial charge in [0.05, 0.1) is 6.10 Å². The van der Waals surface area contributed by atoms with E-state index in [1.807, 2.05) is 0 Å². The highest BCUT2D eigenvalue weighted by Gasteiger charge is 2.31. The van der Waals surface area contributed by atoms with Crippen molar-refractivity contribution in [3.8, 4) is 0 Å². The molecule has 1 saturated heterocycles. The molecule has 1 heteroatoms. The lowest BCUT2D eigenvalue weighted by Crippen LogP contribution is -2.19. The van der Waals surface area contributed by atoms with Crippen molar-refractivity contribution in [2.75, 3.05) is 0 Å². The molecule has 1 heterocycles.